The Morgan fingerprint density at radius 1 is 0.926 bits per heavy atom. The van der Waals surface area contributed by atoms with Crippen LogP contribution in [0.15, 0.2) is 73.1 Å². The molecule has 138 valence electrons. The van der Waals surface area contributed by atoms with Crippen molar-refractivity contribution in [2.45, 2.75) is 25.0 Å². The van der Waals surface area contributed by atoms with Crippen LogP contribution in [0.25, 0.3) is 11.1 Å². The fourth-order valence-corrected chi connectivity index (χ4v) is 3.75. The first-order chi connectivity index (χ1) is 13.1. The molecule has 0 saturated carbocycles. The third kappa shape index (κ3) is 4.07. The lowest BCUT2D eigenvalue weighted by molar-refractivity contribution is -0.0277. The van der Waals surface area contributed by atoms with Crippen molar-refractivity contribution in [1.82, 2.24) is 9.88 Å². The average Bonchev–Trinajstić information content (AvgIpc) is 2.71. The van der Waals surface area contributed by atoms with E-state index in [1.54, 1.807) is 18.3 Å². The van der Waals surface area contributed by atoms with E-state index in [0.29, 0.717) is 0 Å². The topological polar surface area (TPSA) is 36.4 Å². The van der Waals surface area contributed by atoms with Crippen LogP contribution in [-0.2, 0) is 12.1 Å². The molecule has 1 aliphatic heterocycles. The number of piperidine rings is 1. The molecule has 0 amide bonds. The van der Waals surface area contributed by atoms with Gasteiger partial charge in [0.1, 0.15) is 5.82 Å². The smallest absolute Gasteiger partial charge is 0.123 e. The molecule has 0 unspecified atom stereocenters. The van der Waals surface area contributed by atoms with Crippen LogP contribution in [-0.4, -0.2) is 28.1 Å². The Bertz CT molecular complexity index is 888. The van der Waals surface area contributed by atoms with Crippen molar-refractivity contribution in [3.05, 3.63) is 90.0 Å². The van der Waals surface area contributed by atoms with Gasteiger partial charge in [-0.25, -0.2) is 4.39 Å². The fourth-order valence-electron chi connectivity index (χ4n) is 3.75. The van der Waals surface area contributed by atoms with Gasteiger partial charge in [0, 0.05) is 37.6 Å². The maximum Gasteiger partial charge on any atom is 0.123 e. The van der Waals surface area contributed by atoms with Gasteiger partial charge in [-0.05, 0) is 47.7 Å². The number of rotatable bonds is 4. The summed E-state index contributed by atoms with van der Waals surface area (Å²) in [4.78, 5) is 6.71. The second kappa shape index (κ2) is 7.59. The highest BCUT2D eigenvalue weighted by molar-refractivity contribution is 5.62. The molecule has 0 atom stereocenters. The Morgan fingerprint density at radius 2 is 1.63 bits per heavy atom. The van der Waals surface area contributed by atoms with Crippen LogP contribution in [0, 0.1) is 5.82 Å². The molecule has 27 heavy (non-hydrogen) atoms. The lowest BCUT2D eigenvalue weighted by Gasteiger charge is -2.38. The molecule has 3 aromatic rings. The van der Waals surface area contributed by atoms with Crippen LogP contribution in [0.4, 0.5) is 4.39 Å². The summed E-state index contributed by atoms with van der Waals surface area (Å²) in [6, 6.07) is 18.5. The molecule has 1 saturated heterocycles. The number of likely N-dealkylation sites (tertiary alicyclic amines) is 1. The van der Waals surface area contributed by atoms with E-state index in [0.717, 1.165) is 54.7 Å². The number of nitrogens with zero attached hydrogens (tertiary/aromatic N) is 2. The SMILES string of the molecule is OC1(c2ccccc2)CCN(Cc2cncc(-c3ccc(F)cc3)c2)CC1. The van der Waals surface area contributed by atoms with Crippen LogP contribution < -0.4 is 0 Å². The predicted octanol–water partition coefficient (Wildman–Crippen LogP) is 4.37. The number of benzene rings is 2. The third-order valence-corrected chi connectivity index (χ3v) is 5.37. The van der Waals surface area contributed by atoms with E-state index in [2.05, 4.69) is 16.0 Å². The van der Waals surface area contributed by atoms with E-state index < -0.39 is 5.60 Å². The molecule has 4 heteroatoms. The van der Waals surface area contributed by atoms with Crippen molar-refractivity contribution >= 4 is 0 Å². The molecular formula is C23H23FN2O. The molecule has 0 bridgehead atoms. The number of aliphatic hydroxyl groups is 1. The van der Waals surface area contributed by atoms with Gasteiger partial charge in [-0.3, -0.25) is 9.88 Å². The van der Waals surface area contributed by atoms with E-state index in [1.807, 2.05) is 36.5 Å². The third-order valence-electron chi connectivity index (χ3n) is 5.37. The van der Waals surface area contributed by atoms with E-state index in [1.165, 1.54) is 12.1 Å². The highest BCUT2D eigenvalue weighted by Gasteiger charge is 2.33. The van der Waals surface area contributed by atoms with Crippen LogP contribution in [0.1, 0.15) is 24.0 Å². The highest BCUT2D eigenvalue weighted by atomic mass is 19.1. The standard InChI is InChI=1S/C23H23FN2O/c24-22-8-6-19(7-9-22)20-14-18(15-25-16-20)17-26-12-10-23(27,11-13-26)21-4-2-1-3-5-21/h1-9,14-16,27H,10-13,17H2. The summed E-state index contributed by atoms with van der Waals surface area (Å²) in [6.07, 6.45) is 5.14. The first-order valence-electron chi connectivity index (χ1n) is 9.33. The number of aromatic nitrogens is 1. The fraction of sp³-hybridized carbons (Fsp3) is 0.261. The molecule has 4 rings (SSSR count). The molecule has 1 fully saturated rings. The van der Waals surface area contributed by atoms with Crippen molar-refractivity contribution in [3.63, 3.8) is 0 Å². The van der Waals surface area contributed by atoms with Gasteiger partial charge in [0.2, 0.25) is 0 Å². The quantitative estimate of drug-likeness (QED) is 0.749. The Balaban J connectivity index is 1.42. The van der Waals surface area contributed by atoms with Crippen LogP contribution in [0.3, 0.4) is 0 Å². The second-order valence-corrected chi connectivity index (χ2v) is 7.26. The molecule has 0 radical (unpaired) electrons. The molecule has 0 spiro atoms. The van der Waals surface area contributed by atoms with Crippen molar-refractivity contribution in [1.29, 1.82) is 0 Å². The van der Waals surface area contributed by atoms with Gasteiger partial charge >= 0.3 is 0 Å². The highest BCUT2D eigenvalue weighted by Crippen LogP contribution is 2.33. The largest absolute Gasteiger partial charge is 0.385 e. The average molecular weight is 362 g/mol. The molecule has 2 heterocycles. The summed E-state index contributed by atoms with van der Waals surface area (Å²) in [6.45, 7) is 2.48. The van der Waals surface area contributed by atoms with E-state index in [4.69, 9.17) is 0 Å². The van der Waals surface area contributed by atoms with Crippen LogP contribution in [0.2, 0.25) is 0 Å². The zero-order valence-electron chi connectivity index (χ0n) is 15.2. The minimum absolute atomic E-state index is 0.234. The Hall–Kier alpha value is -2.56. The minimum Gasteiger partial charge on any atom is -0.385 e. The van der Waals surface area contributed by atoms with Gasteiger partial charge in [0.05, 0.1) is 5.60 Å². The Labute approximate surface area is 159 Å². The number of hydrogen-bond acceptors (Lipinski definition) is 3. The summed E-state index contributed by atoms with van der Waals surface area (Å²) in [7, 11) is 0. The minimum atomic E-state index is -0.730. The lowest BCUT2D eigenvalue weighted by Crippen LogP contribution is -2.42. The molecule has 1 N–H and O–H groups in total. The van der Waals surface area contributed by atoms with Gasteiger partial charge in [0.25, 0.3) is 0 Å². The van der Waals surface area contributed by atoms with Gasteiger partial charge in [-0.15, -0.1) is 0 Å². The van der Waals surface area contributed by atoms with Crippen LogP contribution in [0.5, 0.6) is 0 Å². The molecule has 3 nitrogen and oxygen atoms in total. The van der Waals surface area contributed by atoms with E-state index in [-0.39, 0.29) is 5.82 Å². The van der Waals surface area contributed by atoms with Gasteiger partial charge < -0.3 is 5.11 Å². The summed E-state index contributed by atoms with van der Waals surface area (Å²) in [5.41, 5.74) is 3.35. The van der Waals surface area contributed by atoms with Crippen molar-refractivity contribution in [2.75, 3.05) is 13.1 Å². The molecular weight excluding hydrogens is 339 g/mol. The van der Waals surface area contributed by atoms with Gasteiger partial charge in [0.15, 0.2) is 0 Å². The first-order valence-corrected chi connectivity index (χ1v) is 9.33. The van der Waals surface area contributed by atoms with E-state index >= 15 is 0 Å². The number of hydrogen-bond donors (Lipinski definition) is 1. The summed E-state index contributed by atoms with van der Waals surface area (Å²) >= 11 is 0. The zero-order valence-corrected chi connectivity index (χ0v) is 15.2. The Kier molecular flexibility index (Phi) is 5.01. The maximum atomic E-state index is 13.1. The van der Waals surface area contributed by atoms with Crippen LogP contribution >= 0.6 is 0 Å². The Morgan fingerprint density at radius 3 is 2.33 bits per heavy atom. The number of halogens is 1. The predicted molar refractivity (Wildman–Crippen MR) is 104 cm³/mol. The molecule has 0 aliphatic carbocycles. The summed E-state index contributed by atoms with van der Waals surface area (Å²) in [5, 5.41) is 11.0. The van der Waals surface area contributed by atoms with Crippen molar-refractivity contribution in [3.8, 4) is 11.1 Å². The number of pyridine rings is 1. The van der Waals surface area contributed by atoms with Crippen molar-refractivity contribution in [2.24, 2.45) is 0 Å². The lowest BCUT2D eigenvalue weighted by atomic mass is 9.84. The summed E-state index contributed by atoms with van der Waals surface area (Å²) in [5.74, 6) is -0.234. The van der Waals surface area contributed by atoms with E-state index in [9.17, 15) is 9.50 Å². The summed E-state index contributed by atoms with van der Waals surface area (Å²) < 4.78 is 13.1. The zero-order chi connectivity index (χ0) is 18.7. The van der Waals surface area contributed by atoms with Gasteiger partial charge in [-0.1, -0.05) is 42.5 Å². The monoisotopic (exact) mass is 362 g/mol. The first kappa shape index (κ1) is 17.8. The molecule has 2 aromatic carbocycles. The molecule has 1 aromatic heterocycles. The van der Waals surface area contributed by atoms with Crippen molar-refractivity contribution < 1.29 is 9.50 Å². The normalized spacial score (nSPS) is 17.0. The maximum absolute atomic E-state index is 13.1. The molecule has 1 aliphatic rings. The van der Waals surface area contributed by atoms with Gasteiger partial charge in [-0.2, -0.15) is 0 Å². The second-order valence-electron chi connectivity index (χ2n) is 7.26.